The van der Waals surface area contributed by atoms with Crippen LogP contribution in [-0.4, -0.2) is 68.7 Å². The third kappa shape index (κ3) is 8.96. The maximum atomic E-state index is 0. The Morgan fingerprint density at radius 1 is 1.00 bits per heavy atom. The van der Waals surface area contributed by atoms with Gasteiger partial charge < -0.3 is 0 Å². The maximum Gasteiger partial charge on any atom is 0 e. The molecule has 0 atom stereocenters. The van der Waals surface area contributed by atoms with Gasteiger partial charge in [-0.25, -0.2) is 0 Å². The van der Waals surface area contributed by atoms with E-state index in [1.807, 2.05) is 0 Å². The molecule has 0 heterocycles. The molecule has 0 radical (unpaired) electrons. The molecule has 0 unspecified atom stereocenters. The molecule has 0 bridgehead atoms. The summed E-state index contributed by atoms with van der Waals surface area (Å²) >= 11 is 0. The zero-order valence-electron chi connectivity index (χ0n) is 0.724. The Labute approximate surface area is 100 Å². The largest absolute Gasteiger partial charge is 0 e. The van der Waals surface area contributed by atoms with Crippen molar-refractivity contribution in [3.63, 3.8) is 0 Å². The molecule has 4 heteroatoms. The Balaban J connectivity index is 0. The van der Waals surface area contributed by atoms with Gasteiger partial charge in [0.15, 0.2) is 17.4 Å². The smallest absolute Gasteiger partial charge is 0 e. The van der Waals surface area contributed by atoms with Crippen molar-refractivity contribution >= 4 is 68.7 Å². The van der Waals surface area contributed by atoms with Crippen LogP contribution in [0, 0.1) is 0 Å². The Kier molecular flexibility index (Phi) is 111. The van der Waals surface area contributed by atoms with Gasteiger partial charge in [-0.2, -0.15) is 0 Å². The second-order valence-corrected chi connectivity index (χ2v) is 0. The fourth-order valence-corrected chi connectivity index (χ4v) is 0. The van der Waals surface area contributed by atoms with Crippen molar-refractivity contribution in [2.45, 2.75) is 0 Å². The van der Waals surface area contributed by atoms with Crippen molar-refractivity contribution < 1.29 is 33.9 Å². The van der Waals surface area contributed by atoms with Gasteiger partial charge in [-0.05, 0) is 0 Å². The van der Waals surface area contributed by atoms with Crippen LogP contribution in [0.1, 0.15) is 0 Å². The molecule has 0 aliphatic heterocycles. The summed E-state index contributed by atoms with van der Waals surface area (Å²) in [5, 5.41) is 0. The standard InChI is InChI=1S/Al.Cr.K.Ni.4H. The molecular weight excluding hydrogens is 177 g/mol. The molecule has 0 saturated heterocycles. The molecule has 0 aromatic carbocycles. The van der Waals surface area contributed by atoms with E-state index in [0.717, 1.165) is 0 Å². The first-order valence-corrected chi connectivity index (χ1v) is 0. The molecule has 0 N–H and O–H groups in total. The van der Waals surface area contributed by atoms with E-state index in [9.17, 15) is 0 Å². The minimum atomic E-state index is 0. The third-order valence-electron chi connectivity index (χ3n) is 0. The first-order chi connectivity index (χ1) is 0. The monoisotopic (exact) mass is 180 g/mol. The molecule has 0 nitrogen and oxygen atoms in total. The van der Waals surface area contributed by atoms with E-state index in [0.29, 0.717) is 0 Å². The van der Waals surface area contributed by atoms with E-state index in [2.05, 4.69) is 0 Å². The third-order valence-corrected chi connectivity index (χ3v) is 0. The Morgan fingerprint density at radius 3 is 1.00 bits per heavy atom. The van der Waals surface area contributed by atoms with Crippen molar-refractivity contribution in [3.8, 4) is 0 Å². The van der Waals surface area contributed by atoms with Gasteiger partial charge in [0.1, 0.15) is 0 Å². The predicted octanol–water partition coefficient (Wildman–Crippen LogP) is -1.84. The van der Waals surface area contributed by atoms with Crippen molar-refractivity contribution in [1.29, 1.82) is 0 Å². The van der Waals surface area contributed by atoms with E-state index < -0.39 is 0 Å². The van der Waals surface area contributed by atoms with Crippen LogP contribution in [0.4, 0.5) is 0 Å². The number of rotatable bonds is 0. The summed E-state index contributed by atoms with van der Waals surface area (Å²) in [5.41, 5.74) is 0. The zero-order valence-corrected chi connectivity index (χ0v) is 2.99. The van der Waals surface area contributed by atoms with Crippen LogP contribution in [-0.2, 0) is 33.9 Å². The first kappa shape index (κ1) is 27.1. The van der Waals surface area contributed by atoms with Crippen LogP contribution in [0.3, 0.4) is 0 Å². The fraction of sp³-hybridized carbons (Fsp3) is 0. The molecule has 4 heavy (non-hydrogen) atoms. The Morgan fingerprint density at radius 2 is 1.00 bits per heavy atom. The van der Waals surface area contributed by atoms with Crippen LogP contribution < -0.4 is 0 Å². The first-order valence-electron chi connectivity index (χ1n) is 0. The van der Waals surface area contributed by atoms with Crippen LogP contribution in [0.2, 0.25) is 0 Å². The van der Waals surface area contributed by atoms with Crippen LogP contribution in [0.15, 0.2) is 0 Å². The molecule has 0 fully saturated rings. The quantitative estimate of drug-likeness (QED) is 0.385. The molecule has 0 aromatic rings. The fourth-order valence-electron chi connectivity index (χ4n) is 0. The van der Waals surface area contributed by atoms with E-state index in [4.69, 9.17) is 0 Å². The molecule has 0 aliphatic rings. The van der Waals surface area contributed by atoms with Crippen molar-refractivity contribution in [2.75, 3.05) is 0 Å². The minimum Gasteiger partial charge on any atom is 0 e. The molecule has 0 amide bonds. The molecular formula is H4AlCrKNi. The molecule has 0 aromatic heterocycles. The normalized spacial score (nSPS) is 0. The van der Waals surface area contributed by atoms with Crippen molar-refractivity contribution in [3.05, 3.63) is 0 Å². The summed E-state index contributed by atoms with van der Waals surface area (Å²) in [6.07, 6.45) is 0. The van der Waals surface area contributed by atoms with Gasteiger partial charge in [0.05, 0.1) is 0 Å². The van der Waals surface area contributed by atoms with E-state index in [1.165, 1.54) is 0 Å². The van der Waals surface area contributed by atoms with E-state index in [-0.39, 0.29) is 103 Å². The van der Waals surface area contributed by atoms with Crippen LogP contribution >= 0.6 is 0 Å². The van der Waals surface area contributed by atoms with Gasteiger partial charge in [0.25, 0.3) is 0 Å². The van der Waals surface area contributed by atoms with Gasteiger partial charge in [-0.1, -0.05) is 0 Å². The summed E-state index contributed by atoms with van der Waals surface area (Å²) in [7, 11) is 0. The van der Waals surface area contributed by atoms with Crippen LogP contribution in [0.25, 0.3) is 0 Å². The predicted molar refractivity (Wildman–Crippen MR) is 17.1 cm³/mol. The second kappa shape index (κ2) is 16.4. The van der Waals surface area contributed by atoms with Gasteiger partial charge in [0, 0.05) is 33.9 Å². The van der Waals surface area contributed by atoms with Crippen molar-refractivity contribution in [1.82, 2.24) is 0 Å². The molecule has 0 spiro atoms. The number of hydrogen-bond donors (Lipinski definition) is 0. The Bertz CT molecular complexity index is 8.00. The Hall–Kier alpha value is 3.19. The zero-order chi connectivity index (χ0) is 0. The summed E-state index contributed by atoms with van der Waals surface area (Å²) in [4.78, 5) is 0. The average Bonchev–Trinajstić information content (AvgIpc) is 0. The summed E-state index contributed by atoms with van der Waals surface area (Å²) in [6.45, 7) is 0. The van der Waals surface area contributed by atoms with E-state index in [1.54, 1.807) is 0 Å². The SMILES string of the molecule is [AlH3].[Cr].[KH].[Ni]. The van der Waals surface area contributed by atoms with Crippen LogP contribution in [0.5, 0.6) is 0 Å². The number of hydrogen-bond acceptors (Lipinski definition) is 0. The van der Waals surface area contributed by atoms with E-state index >= 15 is 0 Å². The van der Waals surface area contributed by atoms with Crippen molar-refractivity contribution in [2.24, 2.45) is 0 Å². The summed E-state index contributed by atoms with van der Waals surface area (Å²) < 4.78 is 0. The molecule has 0 aliphatic carbocycles. The molecule has 0 saturated carbocycles. The molecule has 0 rings (SSSR count). The molecule has 24 valence electrons. The topological polar surface area (TPSA) is 0 Å². The van der Waals surface area contributed by atoms with Gasteiger partial charge in [-0.15, -0.1) is 0 Å². The minimum absolute atomic E-state index is 0. The maximum absolute atomic E-state index is 0. The second-order valence-electron chi connectivity index (χ2n) is 0. The summed E-state index contributed by atoms with van der Waals surface area (Å²) in [6, 6.07) is 0. The summed E-state index contributed by atoms with van der Waals surface area (Å²) in [5.74, 6) is 0. The average molecular weight is 181 g/mol. The van der Waals surface area contributed by atoms with Gasteiger partial charge in [0.2, 0.25) is 0 Å². The van der Waals surface area contributed by atoms with Gasteiger partial charge in [-0.3, -0.25) is 0 Å². The van der Waals surface area contributed by atoms with Gasteiger partial charge >= 0.3 is 51.4 Å².